The molecule has 0 amide bonds. The van der Waals surface area contributed by atoms with Crippen molar-refractivity contribution in [2.75, 3.05) is 17.3 Å². The molecule has 2 aromatic rings. The smallest absolute Gasteiger partial charge is 0.245 e. The Balaban J connectivity index is 2.05. The first-order valence-electron chi connectivity index (χ1n) is 6.16. The zero-order chi connectivity index (χ0) is 14.4. The van der Waals surface area contributed by atoms with Gasteiger partial charge in [0.1, 0.15) is 18.2 Å². The average Bonchev–Trinajstić information content (AvgIpc) is 2.88. The second kappa shape index (κ2) is 6.78. The van der Waals surface area contributed by atoms with E-state index in [0.717, 1.165) is 0 Å². The van der Waals surface area contributed by atoms with E-state index in [4.69, 9.17) is 15.1 Å². The minimum Gasteiger partial charge on any atom is -0.374 e. The van der Waals surface area contributed by atoms with Crippen LogP contribution >= 0.6 is 0 Å². The summed E-state index contributed by atoms with van der Waals surface area (Å²) in [6.07, 6.45) is 0. The molecule has 0 spiro atoms. The summed E-state index contributed by atoms with van der Waals surface area (Å²) in [4.78, 5) is 12.6. The number of hydrazine groups is 1. The number of rotatable bonds is 7. The maximum absolute atomic E-state index is 5.38. The van der Waals surface area contributed by atoms with Crippen molar-refractivity contribution in [3.8, 4) is 0 Å². The van der Waals surface area contributed by atoms with Crippen LogP contribution in [0, 0.1) is 6.92 Å². The van der Waals surface area contributed by atoms with Crippen molar-refractivity contribution in [1.29, 1.82) is 0 Å². The number of hydrogen-bond acceptors (Lipinski definition) is 9. The number of ether oxygens (including phenoxy) is 1. The first kappa shape index (κ1) is 14.2. The summed E-state index contributed by atoms with van der Waals surface area (Å²) in [6, 6.07) is 1.68. The van der Waals surface area contributed by atoms with Crippen molar-refractivity contribution in [3.05, 3.63) is 23.6 Å². The summed E-state index contributed by atoms with van der Waals surface area (Å²) in [6.45, 7) is 4.94. The highest BCUT2D eigenvalue weighted by Gasteiger charge is 2.06. The molecule has 0 bridgehead atoms. The van der Waals surface area contributed by atoms with Crippen LogP contribution in [-0.4, -0.2) is 26.7 Å². The Morgan fingerprint density at radius 1 is 1.30 bits per heavy atom. The predicted molar refractivity (Wildman–Crippen MR) is 71.5 cm³/mol. The van der Waals surface area contributed by atoms with Crippen LogP contribution in [0.5, 0.6) is 0 Å². The lowest BCUT2D eigenvalue weighted by molar-refractivity contribution is 0.128. The van der Waals surface area contributed by atoms with E-state index >= 15 is 0 Å². The molecule has 108 valence electrons. The fourth-order valence-electron chi connectivity index (χ4n) is 1.50. The first-order chi connectivity index (χ1) is 9.71. The summed E-state index contributed by atoms with van der Waals surface area (Å²) < 4.78 is 10.3. The summed E-state index contributed by atoms with van der Waals surface area (Å²) in [5.74, 6) is 8.08. The summed E-state index contributed by atoms with van der Waals surface area (Å²) in [5.41, 5.74) is 2.49. The van der Waals surface area contributed by atoms with E-state index < -0.39 is 0 Å². The Hall–Kier alpha value is -2.26. The van der Waals surface area contributed by atoms with Crippen molar-refractivity contribution in [2.45, 2.75) is 27.0 Å². The quantitative estimate of drug-likeness (QED) is 0.493. The van der Waals surface area contributed by atoms with Crippen molar-refractivity contribution in [3.63, 3.8) is 0 Å². The third-order valence-corrected chi connectivity index (χ3v) is 2.35. The van der Waals surface area contributed by atoms with Gasteiger partial charge in [-0.3, -0.25) is 0 Å². The Morgan fingerprint density at radius 3 is 2.75 bits per heavy atom. The zero-order valence-corrected chi connectivity index (χ0v) is 11.4. The van der Waals surface area contributed by atoms with Crippen LogP contribution in [0.25, 0.3) is 0 Å². The van der Waals surface area contributed by atoms with E-state index in [1.165, 1.54) is 0 Å². The van der Waals surface area contributed by atoms with Gasteiger partial charge in [-0.25, -0.2) is 15.8 Å². The number of nitrogens with one attached hydrogen (secondary N) is 2. The molecule has 2 heterocycles. The third-order valence-electron chi connectivity index (χ3n) is 2.35. The van der Waals surface area contributed by atoms with Gasteiger partial charge >= 0.3 is 0 Å². The fraction of sp³-hybridized carbons (Fsp3) is 0.455. The van der Waals surface area contributed by atoms with Crippen molar-refractivity contribution in [1.82, 2.24) is 20.1 Å². The lowest BCUT2D eigenvalue weighted by Gasteiger charge is -2.08. The Bertz CT molecular complexity index is 557. The molecule has 2 rings (SSSR count). The fourth-order valence-corrected chi connectivity index (χ4v) is 1.50. The summed E-state index contributed by atoms with van der Waals surface area (Å²) in [7, 11) is 0. The predicted octanol–water partition coefficient (Wildman–Crippen LogP) is 0.602. The van der Waals surface area contributed by atoms with Gasteiger partial charge in [-0.2, -0.15) is 4.98 Å². The number of aromatic nitrogens is 4. The van der Waals surface area contributed by atoms with Crippen molar-refractivity contribution >= 4 is 11.6 Å². The van der Waals surface area contributed by atoms with E-state index in [0.29, 0.717) is 48.9 Å². The molecule has 0 aliphatic rings. The average molecular weight is 279 g/mol. The summed E-state index contributed by atoms with van der Waals surface area (Å²) >= 11 is 0. The second-order valence-electron chi connectivity index (χ2n) is 3.93. The molecule has 0 atom stereocenters. The molecular weight excluding hydrogens is 262 g/mol. The minimum atomic E-state index is 0.320. The zero-order valence-electron chi connectivity index (χ0n) is 11.4. The standard InChI is InChI=1S/C11H17N7O2/c1-3-19-6-10-15-8(4-9(16-10)17-12)13-5-11-14-7(2)18-20-11/h4H,3,5-6,12H2,1-2H3,(H2,13,15,16,17). The van der Waals surface area contributed by atoms with Gasteiger partial charge in [0.25, 0.3) is 0 Å². The molecule has 0 saturated heterocycles. The van der Waals surface area contributed by atoms with E-state index in [9.17, 15) is 0 Å². The van der Waals surface area contributed by atoms with E-state index in [1.54, 1.807) is 13.0 Å². The van der Waals surface area contributed by atoms with Gasteiger partial charge in [-0.1, -0.05) is 5.16 Å². The molecule has 0 aromatic carbocycles. The number of anilines is 2. The molecule has 20 heavy (non-hydrogen) atoms. The van der Waals surface area contributed by atoms with Crippen LogP contribution in [0.3, 0.4) is 0 Å². The molecule has 0 fully saturated rings. The topological polar surface area (TPSA) is 124 Å². The Morgan fingerprint density at radius 2 is 2.10 bits per heavy atom. The first-order valence-corrected chi connectivity index (χ1v) is 6.16. The maximum atomic E-state index is 5.38. The lowest BCUT2D eigenvalue weighted by atomic mass is 10.4. The SMILES string of the molecule is CCOCc1nc(NN)cc(NCc2nc(C)no2)n1. The molecule has 4 N–H and O–H groups in total. The Labute approximate surface area is 115 Å². The van der Waals surface area contributed by atoms with E-state index in [-0.39, 0.29) is 0 Å². The van der Waals surface area contributed by atoms with Crippen LogP contribution < -0.4 is 16.6 Å². The number of nitrogens with two attached hydrogens (primary N) is 1. The highest BCUT2D eigenvalue weighted by molar-refractivity contribution is 5.46. The summed E-state index contributed by atoms with van der Waals surface area (Å²) in [5, 5.41) is 6.78. The van der Waals surface area contributed by atoms with E-state index in [2.05, 4.69) is 30.9 Å². The molecule has 9 nitrogen and oxygen atoms in total. The largest absolute Gasteiger partial charge is 0.374 e. The van der Waals surface area contributed by atoms with Gasteiger partial charge in [-0.15, -0.1) is 0 Å². The molecular formula is C11H17N7O2. The van der Waals surface area contributed by atoms with Crippen LogP contribution in [0.1, 0.15) is 24.5 Å². The van der Waals surface area contributed by atoms with Crippen LogP contribution in [0.4, 0.5) is 11.6 Å². The van der Waals surface area contributed by atoms with Gasteiger partial charge < -0.3 is 20.0 Å². The number of hydrogen-bond donors (Lipinski definition) is 3. The van der Waals surface area contributed by atoms with Gasteiger partial charge in [0.15, 0.2) is 11.6 Å². The van der Waals surface area contributed by atoms with Crippen molar-refractivity contribution < 1.29 is 9.26 Å². The van der Waals surface area contributed by atoms with Crippen LogP contribution in [-0.2, 0) is 17.9 Å². The molecule has 2 aromatic heterocycles. The highest BCUT2D eigenvalue weighted by atomic mass is 16.5. The monoisotopic (exact) mass is 279 g/mol. The number of nitrogen functional groups attached to an aromatic ring is 1. The molecule has 0 aliphatic heterocycles. The normalized spacial score (nSPS) is 10.6. The van der Waals surface area contributed by atoms with Crippen molar-refractivity contribution in [2.24, 2.45) is 5.84 Å². The highest BCUT2D eigenvalue weighted by Crippen LogP contribution is 2.12. The molecule has 0 unspecified atom stereocenters. The van der Waals surface area contributed by atoms with Gasteiger partial charge in [0.05, 0.1) is 6.54 Å². The molecule has 0 saturated carbocycles. The van der Waals surface area contributed by atoms with Crippen LogP contribution in [0.15, 0.2) is 10.6 Å². The third kappa shape index (κ3) is 3.87. The minimum absolute atomic E-state index is 0.320. The van der Waals surface area contributed by atoms with E-state index in [1.807, 2.05) is 6.92 Å². The maximum Gasteiger partial charge on any atom is 0.245 e. The van der Waals surface area contributed by atoms with Crippen LogP contribution in [0.2, 0.25) is 0 Å². The molecule has 9 heteroatoms. The number of nitrogens with zero attached hydrogens (tertiary/aromatic N) is 4. The Kier molecular flexibility index (Phi) is 4.80. The molecule has 0 radical (unpaired) electrons. The van der Waals surface area contributed by atoms with Gasteiger partial charge in [0, 0.05) is 12.7 Å². The van der Waals surface area contributed by atoms with Gasteiger partial charge in [0.2, 0.25) is 5.89 Å². The molecule has 0 aliphatic carbocycles. The second-order valence-corrected chi connectivity index (χ2v) is 3.93. The lowest BCUT2D eigenvalue weighted by Crippen LogP contribution is -2.13. The number of aryl methyl sites for hydroxylation is 1. The van der Waals surface area contributed by atoms with Gasteiger partial charge in [-0.05, 0) is 13.8 Å².